The van der Waals surface area contributed by atoms with Crippen LogP contribution in [0.1, 0.15) is 48.9 Å². The summed E-state index contributed by atoms with van der Waals surface area (Å²) in [5.41, 5.74) is 2.90. The molecule has 0 fully saturated rings. The number of thiophene rings is 1. The average Bonchev–Trinajstić information content (AvgIpc) is 2.68. The topological polar surface area (TPSA) is 38.0 Å². The third-order valence-corrected chi connectivity index (χ3v) is 3.77. The van der Waals surface area contributed by atoms with Crippen LogP contribution < -0.4 is 11.3 Å². The molecule has 3 N–H and O–H groups in total. The van der Waals surface area contributed by atoms with Crippen LogP contribution in [0.25, 0.3) is 0 Å². The molecule has 1 rings (SSSR count). The Labute approximate surface area is 90.5 Å². The Hall–Kier alpha value is -0.380. The minimum Gasteiger partial charge on any atom is -0.271 e. The molecule has 0 saturated heterocycles. The normalized spacial score (nSPS) is 13.1. The highest BCUT2D eigenvalue weighted by Crippen LogP contribution is 2.26. The van der Waals surface area contributed by atoms with E-state index in [1.165, 1.54) is 22.6 Å². The van der Waals surface area contributed by atoms with E-state index in [2.05, 4.69) is 31.4 Å². The second-order valence-corrected chi connectivity index (χ2v) is 4.72. The Morgan fingerprint density at radius 3 is 2.71 bits per heavy atom. The first kappa shape index (κ1) is 11.7. The zero-order valence-electron chi connectivity index (χ0n) is 9.05. The van der Waals surface area contributed by atoms with Crippen molar-refractivity contribution in [2.45, 2.75) is 45.6 Å². The fourth-order valence-corrected chi connectivity index (χ4v) is 2.54. The van der Waals surface area contributed by atoms with Crippen LogP contribution in [0.3, 0.4) is 0 Å². The van der Waals surface area contributed by atoms with E-state index in [0.717, 1.165) is 12.8 Å². The largest absolute Gasteiger partial charge is 0.271 e. The van der Waals surface area contributed by atoms with E-state index in [1.54, 1.807) is 0 Å². The van der Waals surface area contributed by atoms with Crippen molar-refractivity contribution in [1.29, 1.82) is 0 Å². The van der Waals surface area contributed by atoms with Crippen molar-refractivity contribution in [3.05, 3.63) is 21.9 Å². The number of nitrogens with two attached hydrogens (primary N) is 1. The van der Waals surface area contributed by atoms with Gasteiger partial charge in [0.25, 0.3) is 0 Å². The van der Waals surface area contributed by atoms with Crippen molar-refractivity contribution in [2.24, 2.45) is 5.84 Å². The van der Waals surface area contributed by atoms with Crippen molar-refractivity contribution < 1.29 is 0 Å². The Morgan fingerprint density at radius 1 is 1.43 bits per heavy atom. The highest BCUT2D eigenvalue weighted by molar-refractivity contribution is 7.12. The van der Waals surface area contributed by atoms with Crippen LogP contribution in [0.15, 0.2) is 12.1 Å². The Bertz CT molecular complexity index is 258. The third-order valence-electron chi connectivity index (χ3n) is 2.42. The third kappa shape index (κ3) is 3.08. The van der Waals surface area contributed by atoms with Crippen molar-refractivity contribution in [3.63, 3.8) is 0 Å². The SMILES string of the molecule is CCCCC(NN)c1ccc(CC)s1. The number of aryl methyl sites for hydroxylation is 1. The summed E-state index contributed by atoms with van der Waals surface area (Å²) in [6, 6.07) is 4.75. The van der Waals surface area contributed by atoms with Gasteiger partial charge < -0.3 is 0 Å². The predicted molar refractivity (Wildman–Crippen MR) is 63.3 cm³/mol. The molecule has 2 nitrogen and oxygen atoms in total. The van der Waals surface area contributed by atoms with Gasteiger partial charge in [-0.05, 0) is 25.0 Å². The van der Waals surface area contributed by atoms with Gasteiger partial charge in [0.1, 0.15) is 0 Å². The molecular formula is C11H20N2S. The molecule has 0 aliphatic rings. The first-order chi connectivity index (χ1) is 6.81. The van der Waals surface area contributed by atoms with E-state index in [4.69, 9.17) is 5.84 Å². The van der Waals surface area contributed by atoms with Crippen molar-refractivity contribution in [1.82, 2.24) is 5.43 Å². The molecule has 0 radical (unpaired) electrons. The average molecular weight is 212 g/mol. The summed E-state index contributed by atoms with van der Waals surface area (Å²) in [5.74, 6) is 5.55. The Kier molecular flexibility index (Phi) is 5.15. The Morgan fingerprint density at radius 2 is 2.21 bits per heavy atom. The van der Waals surface area contributed by atoms with Crippen LogP contribution in [0.5, 0.6) is 0 Å². The van der Waals surface area contributed by atoms with Crippen LogP contribution in [-0.4, -0.2) is 0 Å². The molecule has 1 heterocycles. The van der Waals surface area contributed by atoms with Gasteiger partial charge in [-0.1, -0.05) is 26.7 Å². The summed E-state index contributed by atoms with van der Waals surface area (Å²) in [7, 11) is 0. The van der Waals surface area contributed by atoms with Crippen molar-refractivity contribution in [3.8, 4) is 0 Å². The van der Waals surface area contributed by atoms with E-state index in [-0.39, 0.29) is 0 Å². The summed E-state index contributed by atoms with van der Waals surface area (Å²) < 4.78 is 0. The van der Waals surface area contributed by atoms with E-state index in [1.807, 2.05) is 11.3 Å². The number of hydrogen-bond acceptors (Lipinski definition) is 3. The molecule has 0 aliphatic heterocycles. The number of nitrogens with one attached hydrogen (secondary N) is 1. The predicted octanol–water partition coefficient (Wildman–Crippen LogP) is 3.01. The van der Waals surface area contributed by atoms with Crippen molar-refractivity contribution in [2.75, 3.05) is 0 Å². The molecular weight excluding hydrogens is 192 g/mol. The van der Waals surface area contributed by atoms with Gasteiger partial charge in [-0.2, -0.15) is 0 Å². The fourth-order valence-electron chi connectivity index (χ4n) is 1.49. The standard InChI is InChI=1S/C11H20N2S/c1-3-5-6-10(13-12)11-8-7-9(4-2)14-11/h7-8,10,13H,3-6,12H2,1-2H3. The van der Waals surface area contributed by atoms with E-state index in [9.17, 15) is 0 Å². The molecule has 0 amide bonds. The van der Waals surface area contributed by atoms with Gasteiger partial charge in [0.15, 0.2) is 0 Å². The molecule has 1 unspecified atom stereocenters. The number of unbranched alkanes of at least 4 members (excludes halogenated alkanes) is 1. The van der Waals surface area contributed by atoms with Crippen LogP contribution in [0, 0.1) is 0 Å². The quantitative estimate of drug-likeness (QED) is 0.562. The highest BCUT2D eigenvalue weighted by Gasteiger charge is 2.10. The lowest BCUT2D eigenvalue weighted by molar-refractivity contribution is 0.502. The molecule has 0 aliphatic carbocycles. The number of rotatable bonds is 6. The van der Waals surface area contributed by atoms with E-state index >= 15 is 0 Å². The van der Waals surface area contributed by atoms with Crippen molar-refractivity contribution >= 4 is 11.3 Å². The molecule has 0 spiro atoms. The van der Waals surface area contributed by atoms with Gasteiger partial charge >= 0.3 is 0 Å². The zero-order chi connectivity index (χ0) is 10.4. The van der Waals surface area contributed by atoms with Crippen LogP contribution in [0.2, 0.25) is 0 Å². The van der Waals surface area contributed by atoms with Gasteiger partial charge in [0, 0.05) is 9.75 Å². The second kappa shape index (κ2) is 6.17. The molecule has 1 aromatic heterocycles. The second-order valence-electron chi connectivity index (χ2n) is 3.52. The maximum Gasteiger partial charge on any atom is 0.0553 e. The molecule has 80 valence electrons. The number of hydrogen-bond donors (Lipinski definition) is 2. The molecule has 1 atom stereocenters. The van der Waals surface area contributed by atoms with Gasteiger partial charge in [0.2, 0.25) is 0 Å². The van der Waals surface area contributed by atoms with Crippen LogP contribution >= 0.6 is 11.3 Å². The van der Waals surface area contributed by atoms with E-state index < -0.39 is 0 Å². The van der Waals surface area contributed by atoms with Gasteiger partial charge in [-0.15, -0.1) is 11.3 Å². The Balaban J connectivity index is 2.58. The van der Waals surface area contributed by atoms with Gasteiger partial charge in [-0.25, -0.2) is 0 Å². The van der Waals surface area contributed by atoms with Gasteiger partial charge in [0.05, 0.1) is 6.04 Å². The summed E-state index contributed by atoms with van der Waals surface area (Å²) in [4.78, 5) is 2.81. The number of hydrazine groups is 1. The molecule has 14 heavy (non-hydrogen) atoms. The lowest BCUT2D eigenvalue weighted by Crippen LogP contribution is -2.27. The summed E-state index contributed by atoms with van der Waals surface area (Å²) in [5, 5.41) is 0. The zero-order valence-corrected chi connectivity index (χ0v) is 9.86. The summed E-state index contributed by atoms with van der Waals surface area (Å²) in [6.45, 7) is 4.39. The first-order valence-electron chi connectivity index (χ1n) is 5.36. The fraction of sp³-hybridized carbons (Fsp3) is 0.636. The summed E-state index contributed by atoms with van der Waals surface area (Å²) in [6.07, 6.45) is 4.71. The first-order valence-corrected chi connectivity index (χ1v) is 6.18. The molecule has 0 saturated carbocycles. The summed E-state index contributed by atoms with van der Waals surface area (Å²) >= 11 is 1.87. The maximum atomic E-state index is 5.55. The smallest absolute Gasteiger partial charge is 0.0553 e. The molecule has 3 heteroatoms. The molecule has 0 bridgehead atoms. The minimum absolute atomic E-state index is 0.347. The van der Waals surface area contributed by atoms with Gasteiger partial charge in [-0.3, -0.25) is 11.3 Å². The van der Waals surface area contributed by atoms with Crippen LogP contribution in [0.4, 0.5) is 0 Å². The molecule has 1 aromatic rings. The maximum absolute atomic E-state index is 5.55. The highest BCUT2D eigenvalue weighted by atomic mass is 32.1. The lowest BCUT2D eigenvalue weighted by atomic mass is 10.1. The van der Waals surface area contributed by atoms with Crippen LogP contribution in [-0.2, 0) is 6.42 Å². The molecule has 0 aromatic carbocycles. The monoisotopic (exact) mass is 212 g/mol. The van der Waals surface area contributed by atoms with E-state index in [0.29, 0.717) is 6.04 Å². The lowest BCUT2D eigenvalue weighted by Gasteiger charge is -2.13. The minimum atomic E-state index is 0.347.